The number of likely N-dealkylation sites (tertiary alicyclic amines) is 2. The van der Waals surface area contributed by atoms with E-state index in [0.29, 0.717) is 12.8 Å². The number of aryl methyl sites for hydroxylation is 2. The number of benzene rings is 2. The monoisotopic (exact) mass is 1030 g/mol. The van der Waals surface area contributed by atoms with E-state index in [1.807, 2.05) is 48.5 Å². The number of methoxy groups -OCH3 is 2. The van der Waals surface area contributed by atoms with E-state index in [0.717, 1.165) is 22.3 Å². The summed E-state index contributed by atoms with van der Waals surface area (Å²) in [6.45, 7) is 10.3. The summed E-state index contributed by atoms with van der Waals surface area (Å²) in [6, 6.07) is 11.6. The van der Waals surface area contributed by atoms with Crippen molar-refractivity contribution >= 4 is 59.6 Å². The fourth-order valence-electron chi connectivity index (χ4n) is 8.82. The van der Waals surface area contributed by atoms with Crippen LogP contribution < -0.4 is 21.3 Å². The van der Waals surface area contributed by atoms with Crippen molar-refractivity contribution in [3.63, 3.8) is 0 Å². The molecular weight excluding hydrogens is 961 g/mol. The van der Waals surface area contributed by atoms with Crippen LogP contribution in [0, 0.1) is 0 Å². The molecule has 0 aliphatic carbocycles. The smallest absolute Gasteiger partial charge is 0.407 e. The van der Waals surface area contributed by atoms with Crippen LogP contribution in [-0.4, -0.2) is 168 Å². The molecular formula is C52H72N8O14. The van der Waals surface area contributed by atoms with Crippen molar-refractivity contribution in [2.75, 3.05) is 53.5 Å². The molecule has 8 amide bonds. The third-order valence-corrected chi connectivity index (χ3v) is 12.5. The van der Waals surface area contributed by atoms with Gasteiger partial charge in [-0.2, -0.15) is 0 Å². The van der Waals surface area contributed by atoms with Gasteiger partial charge in [0.25, 0.3) is 0 Å². The third kappa shape index (κ3) is 18.0. The Hall–Kier alpha value is -7.26. The molecule has 3 saturated heterocycles. The van der Waals surface area contributed by atoms with E-state index >= 15 is 0 Å². The third-order valence-electron chi connectivity index (χ3n) is 12.5. The lowest BCUT2D eigenvalue weighted by Crippen LogP contribution is -2.50. The van der Waals surface area contributed by atoms with Crippen LogP contribution in [0.25, 0.3) is 0 Å². The molecule has 0 saturated carbocycles. The van der Waals surface area contributed by atoms with E-state index in [9.17, 15) is 47.9 Å². The molecule has 2 aromatic carbocycles. The molecule has 3 aliphatic rings. The summed E-state index contributed by atoms with van der Waals surface area (Å²) in [7, 11) is 2.44. The van der Waals surface area contributed by atoms with Crippen molar-refractivity contribution < 1.29 is 66.9 Å². The number of nitrogens with zero attached hydrogens (tertiary/aromatic N) is 4. The number of ether oxygens (including phenoxy) is 4. The van der Waals surface area contributed by atoms with Gasteiger partial charge in [-0.3, -0.25) is 28.8 Å². The maximum Gasteiger partial charge on any atom is 0.407 e. The van der Waals surface area contributed by atoms with Crippen LogP contribution in [0.2, 0.25) is 0 Å². The second-order valence-electron chi connectivity index (χ2n) is 20.6. The first-order chi connectivity index (χ1) is 34.9. The van der Waals surface area contributed by atoms with Crippen molar-refractivity contribution in [3.05, 3.63) is 70.8 Å². The zero-order valence-electron chi connectivity index (χ0n) is 43.7. The van der Waals surface area contributed by atoms with Crippen LogP contribution in [0.15, 0.2) is 48.5 Å². The number of amides is 8. The summed E-state index contributed by atoms with van der Waals surface area (Å²) in [5.41, 5.74) is 2.16. The van der Waals surface area contributed by atoms with E-state index in [4.69, 9.17) is 18.9 Å². The average Bonchev–Trinajstić information content (AvgIpc) is 3.97. The number of carbonyl (C=O) groups is 10. The first-order valence-corrected chi connectivity index (χ1v) is 24.9. The predicted molar refractivity (Wildman–Crippen MR) is 266 cm³/mol. The molecule has 0 aromatic heterocycles. The Balaban J connectivity index is 1.05. The van der Waals surface area contributed by atoms with Gasteiger partial charge in [-0.25, -0.2) is 19.2 Å². The Bertz CT molecular complexity index is 2200. The van der Waals surface area contributed by atoms with Crippen molar-refractivity contribution in [1.82, 2.24) is 40.9 Å². The molecule has 4 N–H and O–H groups in total. The number of carbonyl (C=O) groups excluding carboxylic acids is 10. The molecule has 0 bridgehead atoms. The minimum atomic E-state index is -0.933. The second kappa shape index (κ2) is 26.1. The Kier molecular flexibility index (Phi) is 20.3. The lowest BCUT2D eigenvalue weighted by Gasteiger charge is -2.30. The van der Waals surface area contributed by atoms with Crippen molar-refractivity contribution in [2.24, 2.45) is 0 Å². The number of esters is 2. The van der Waals surface area contributed by atoms with Gasteiger partial charge in [0.15, 0.2) is 0 Å². The van der Waals surface area contributed by atoms with Crippen molar-refractivity contribution in [3.8, 4) is 0 Å². The van der Waals surface area contributed by atoms with Gasteiger partial charge in [-0.1, -0.05) is 48.5 Å². The van der Waals surface area contributed by atoms with Gasteiger partial charge in [0.2, 0.25) is 35.4 Å². The molecule has 0 spiro atoms. The Morgan fingerprint density at radius 2 is 0.878 bits per heavy atom. The number of rotatable bonds is 18. The molecule has 22 heteroatoms. The lowest BCUT2D eigenvalue weighted by atomic mass is 10.1. The summed E-state index contributed by atoms with van der Waals surface area (Å²) >= 11 is 0. The molecule has 3 aliphatic heterocycles. The molecule has 0 radical (unpaired) electrons. The van der Waals surface area contributed by atoms with Crippen LogP contribution in [0.4, 0.5) is 9.59 Å². The molecule has 404 valence electrons. The zero-order valence-corrected chi connectivity index (χ0v) is 43.7. The molecule has 2 aromatic rings. The summed E-state index contributed by atoms with van der Waals surface area (Å²) in [5.74, 6) is -3.80. The van der Waals surface area contributed by atoms with Crippen molar-refractivity contribution in [1.29, 1.82) is 0 Å². The van der Waals surface area contributed by atoms with E-state index in [-0.39, 0.29) is 103 Å². The first kappa shape index (κ1) is 57.6. The van der Waals surface area contributed by atoms with Crippen LogP contribution in [0.5, 0.6) is 0 Å². The van der Waals surface area contributed by atoms with Crippen LogP contribution in [0.3, 0.4) is 0 Å². The van der Waals surface area contributed by atoms with E-state index in [1.165, 1.54) is 33.8 Å². The highest BCUT2D eigenvalue weighted by atomic mass is 16.6. The number of alkyl carbamates (subject to hydrolysis) is 2. The van der Waals surface area contributed by atoms with Gasteiger partial charge < -0.3 is 59.8 Å². The average molecular weight is 1030 g/mol. The highest BCUT2D eigenvalue weighted by molar-refractivity contribution is 5.90. The Morgan fingerprint density at radius 1 is 0.541 bits per heavy atom. The van der Waals surface area contributed by atoms with Gasteiger partial charge in [0.05, 0.1) is 27.3 Å². The second-order valence-corrected chi connectivity index (χ2v) is 20.6. The normalized spacial score (nSPS) is 19.2. The van der Waals surface area contributed by atoms with Crippen LogP contribution in [0.1, 0.15) is 102 Å². The predicted octanol–water partition coefficient (Wildman–Crippen LogP) is 2.27. The summed E-state index contributed by atoms with van der Waals surface area (Å²) < 4.78 is 20.5. The van der Waals surface area contributed by atoms with Crippen LogP contribution in [-0.2, 0) is 83.2 Å². The minimum Gasteiger partial charge on any atom is -0.467 e. The fraction of sp³-hybridized carbons (Fsp3) is 0.577. The number of nitrogens with one attached hydrogen (secondary N) is 4. The highest BCUT2D eigenvalue weighted by Crippen LogP contribution is 2.24. The molecule has 5 rings (SSSR count). The molecule has 3 heterocycles. The van der Waals surface area contributed by atoms with E-state index in [2.05, 4.69) is 21.3 Å². The van der Waals surface area contributed by atoms with E-state index in [1.54, 1.807) is 41.5 Å². The summed E-state index contributed by atoms with van der Waals surface area (Å²) in [6.07, 6.45) is -0.313. The molecule has 4 unspecified atom stereocenters. The number of hydrogen-bond donors (Lipinski definition) is 4. The fourth-order valence-corrected chi connectivity index (χ4v) is 8.82. The zero-order chi connectivity index (χ0) is 54.3. The molecule has 3 fully saturated rings. The van der Waals surface area contributed by atoms with E-state index < -0.39 is 83.1 Å². The SMILES string of the molecule is COC(=O)C1CC(NC(=O)CN2CCC(=O)N(CC(=O)NC3CC(C(=O)OC)N(C(=O)CCc4ccc(CNC(=O)OC(C)(C)C)cc4)C3)CCC2=O)CN1C(=O)CCc1ccc(CNC(=O)OC(C)(C)C)cc1. The van der Waals surface area contributed by atoms with Crippen LogP contribution >= 0.6 is 0 Å². The first-order valence-electron chi connectivity index (χ1n) is 24.9. The Labute approximate surface area is 431 Å². The molecule has 74 heavy (non-hydrogen) atoms. The maximum absolute atomic E-state index is 13.5. The maximum atomic E-state index is 13.5. The number of hydrogen-bond acceptors (Lipinski definition) is 14. The van der Waals surface area contributed by atoms with Gasteiger partial charge >= 0.3 is 24.1 Å². The summed E-state index contributed by atoms with van der Waals surface area (Å²) in [4.78, 5) is 135. The van der Waals surface area contributed by atoms with Crippen molar-refractivity contribution in [2.45, 2.75) is 141 Å². The standard InChI is InChI=1S/C52H72N8O14/c1-51(2,3)73-49(69)53-27-35-13-9-33(10-14-35)17-19-45(65)59-29-37(25-39(59)47(67)71-7)55-41(61)31-57-23-21-44(64)58(24-22-43(57)63)32-42(62)56-38-26-40(48(68)72-8)60(30-38)46(66)20-18-34-11-15-36(16-12-34)28-54-50(70)74-52(4,5)6/h9-16,37-40H,17-32H2,1-8H3,(H,53,69)(H,54,70)(H,55,61)(H,56,62). The Morgan fingerprint density at radius 3 is 1.20 bits per heavy atom. The summed E-state index contributed by atoms with van der Waals surface area (Å²) in [5, 5.41) is 11.1. The topological polar surface area (TPSA) is 269 Å². The van der Waals surface area contributed by atoms with Gasteiger partial charge in [0.1, 0.15) is 23.3 Å². The molecule has 22 nitrogen and oxygen atoms in total. The lowest BCUT2D eigenvalue weighted by molar-refractivity contribution is -0.151. The largest absolute Gasteiger partial charge is 0.467 e. The van der Waals surface area contributed by atoms with Gasteiger partial charge in [-0.15, -0.1) is 0 Å². The minimum absolute atomic E-state index is 0.0385. The quantitative estimate of drug-likeness (QED) is 0.123. The van der Waals surface area contributed by atoms with Gasteiger partial charge in [0, 0.05) is 89.9 Å². The van der Waals surface area contributed by atoms with Gasteiger partial charge in [-0.05, 0) is 76.6 Å². The highest BCUT2D eigenvalue weighted by Gasteiger charge is 2.42. The molecule has 4 atom stereocenters.